The Kier molecular flexibility index (Phi) is 2.70. The molecule has 2 aromatic rings. The van der Waals surface area contributed by atoms with Gasteiger partial charge in [0.2, 0.25) is 0 Å². The van der Waals surface area contributed by atoms with Gasteiger partial charge in [0, 0.05) is 38.9 Å². The third kappa shape index (κ3) is 1.59. The molecule has 4 rings (SSSR count). The van der Waals surface area contributed by atoms with Crippen LogP contribution >= 0.6 is 0 Å². The minimum atomic E-state index is 0.593. The Morgan fingerprint density at radius 1 is 1.35 bits per heavy atom. The molecule has 0 aromatic carbocycles. The third-order valence-corrected chi connectivity index (χ3v) is 5.03. The van der Waals surface area contributed by atoms with Gasteiger partial charge in [0.15, 0.2) is 5.82 Å². The Balaban J connectivity index is 1.79. The first-order valence-electron chi connectivity index (χ1n) is 7.53. The molecule has 2 aliphatic heterocycles. The summed E-state index contributed by atoms with van der Waals surface area (Å²) >= 11 is 0. The molecule has 0 amide bonds. The fraction of sp³-hybridized carbons (Fsp3) is 0.600. The Labute approximate surface area is 119 Å². The Morgan fingerprint density at radius 2 is 2.25 bits per heavy atom. The lowest BCUT2D eigenvalue weighted by Gasteiger charge is -2.28. The molecule has 5 heteroatoms. The van der Waals surface area contributed by atoms with Crippen molar-refractivity contribution >= 4 is 16.9 Å². The molecule has 2 saturated heterocycles. The smallest absolute Gasteiger partial charge is 0.157 e. The van der Waals surface area contributed by atoms with E-state index < -0.39 is 0 Å². The fourth-order valence-electron chi connectivity index (χ4n) is 4.05. The second kappa shape index (κ2) is 4.45. The van der Waals surface area contributed by atoms with Crippen molar-refractivity contribution in [1.29, 1.82) is 0 Å². The minimum Gasteiger partial charge on any atom is -0.351 e. The molecule has 2 fully saturated rings. The van der Waals surface area contributed by atoms with Gasteiger partial charge in [-0.05, 0) is 24.3 Å². The molecule has 5 nitrogen and oxygen atoms in total. The second-order valence-corrected chi connectivity index (χ2v) is 6.07. The van der Waals surface area contributed by atoms with Gasteiger partial charge in [-0.25, -0.2) is 9.97 Å². The Hall–Kier alpha value is -1.62. The van der Waals surface area contributed by atoms with E-state index in [0.29, 0.717) is 6.04 Å². The van der Waals surface area contributed by atoms with Gasteiger partial charge < -0.3 is 14.8 Å². The van der Waals surface area contributed by atoms with E-state index in [-0.39, 0.29) is 0 Å². The van der Waals surface area contributed by atoms with E-state index in [0.717, 1.165) is 42.8 Å². The summed E-state index contributed by atoms with van der Waals surface area (Å²) in [6.07, 6.45) is 4.97. The predicted octanol–water partition coefficient (Wildman–Crippen LogP) is 1.40. The largest absolute Gasteiger partial charge is 0.351 e. The number of anilines is 1. The second-order valence-electron chi connectivity index (χ2n) is 6.07. The van der Waals surface area contributed by atoms with Crippen LogP contribution in [-0.2, 0) is 7.05 Å². The number of nitrogens with one attached hydrogen (secondary N) is 1. The summed E-state index contributed by atoms with van der Waals surface area (Å²) in [7, 11) is 2.04. The zero-order valence-corrected chi connectivity index (χ0v) is 12.1. The number of pyridine rings is 1. The monoisotopic (exact) mass is 271 g/mol. The van der Waals surface area contributed by atoms with Crippen molar-refractivity contribution in [1.82, 2.24) is 19.9 Å². The van der Waals surface area contributed by atoms with Crippen molar-refractivity contribution in [2.45, 2.75) is 19.4 Å². The van der Waals surface area contributed by atoms with Gasteiger partial charge in [0.1, 0.15) is 5.52 Å². The molecule has 20 heavy (non-hydrogen) atoms. The molecular weight excluding hydrogens is 250 g/mol. The fourth-order valence-corrected chi connectivity index (χ4v) is 4.05. The minimum absolute atomic E-state index is 0.593. The number of imidazole rings is 1. The highest BCUT2D eigenvalue weighted by atomic mass is 15.3. The van der Waals surface area contributed by atoms with Gasteiger partial charge in [-0.15, -0.1) is 0 Å². The maximum Gasteiger partial charge on any atom is 0.157 e. The van der Waals surface area contributed by atoms with Crippen LogP contribution in [0.25, 0.3) is 11.0 Å². The maximum absolute atomic E-state index is 4.66. The van der Waals surface area contributed by atoms with Gasteiger partial charge in [0.05, 0.1) is 11.8 Å². The van der Waals surface area contributed by atoms with Crippen molar-refractivity contribution in [2.24, 2.45) is 18.9 Å². The summed E-state index contributed by atoms with van der Waals surface area (Å²) < 4.78 is 2.07. The summed E-state index contributed by atoms with van der Waals surface area (Å²) in [6, 6.07) is 2.64. The molecule has 0 bridgehead atoms. The van der Waals surface area contributed by atoms with Crippen molar-refractivity contribution in [3.05, 3.63) is 18.6 Å². The average molecular weight is 271 g/mol. The zero-order valence-electron chi connectivity index (χ0n) is 12.1. The molecule has 3 unspecified atom stereocenters. The average Bonchev–Trinajstić information content (AvgIpc) is 3.12. The number of rotatable bonds is 2. The van der Waals surface area contributed by atoms with E-state index in [1.807, 2.05) is 25.6 Å². The topological polar surface area (TPSA) is 46.0 Å². The summed E-state index contributed by atoms with van der Waals surface area (Å²) in [5.41, 5.74) is 2.21. The highest BCUT2D eigenvalue weighted by Gasteiger charge is 2.44. The lowest BCUT2D eigenvalue weighted by molar-refractivity contribution is 0.441. The van der Waals surface area contributed by atoms with Gasteiger partial charge in [-0.2, -0.15) is 0 Å². The van der Waals surface area contributed by atoms with Crippen molar-refractivity contribution in [3.8, 4) is 0 Å². The van der Waals surface area contributed by atoms with Crippen LogP contribution in [0.5, 0.6) is 0 Å². The summed E-state index contributed by atoms with van der Waals surface area (Å²) in [4.78, 5) is 11.7. The van der Waals surface area contributed by atoms with Crippen LogP contribution in [0.15, 0.2) is 18.6 Å². The van der Waals surface area contributed by atoms with Crippen molar-refractivity contribution in [2.75, 3.05) is 24.5 Å². The van der Waals surface area contributed by atoms with Crippen LogP contribution in [0.3, 0.4) is 0 Å². The highest BCUT2D eigenvalue weighted by Crippen LogP contribution is 2.38. The van der Waals surface area contributed by atoms with Crippen LogP contribution in [0.1, 0.15) is 13.3 Å². The molecule has 106 valence electrons. The number of aryl methyl sites for hydroxylation is 1. The van der Waals surface area contributed by atoms with E-state index >= 15 is 0 Å². The lowest BCUT2D eigenvalue weighted by Crippen LogP contribution is -2.35. The molecule has 0 saturated carbocycles. The number of hydrogen-bond acceptors (Lipinski definition) is 4. The number of hydrogen-bond donors (Lipinski definition) is 1. The van der Waals surface area contributed by atoms with E-state index in [9.17, 15) is 0 Å². The van der Waals surface area contributed by atoms with Gasteiger partial charge in [0.25, 0.3) is 0 Å². The molecule has 1 N–H and O–H groups in total. The van der Waals surface area contributed by atoms with Gasteiger partial charge in [-0.1, -0.05) is 6.92 Å². The van der Waals surface area contributed by atoms with Crippen LogP contribution < -0.4 is 10.2 Å². The summed E-state index contributed by atoms with van der Waals surface area (Å²) in [5.74, 6) is 2.60. The molecule has 0 aliphatic carbocycles. The molecule has 0 radical (unpaired) electrons. The van der Waals surface area contributed by atoms with Crippen LogP contribution in [-0.4, -0.2) is 40.2 Å². The molecule has 2 aromatic heterocycles. The standard InChI is InChI=1S/C15H21N5/c1-3-12-11-7-16-6-10(11)8-20(12)15-14-13(4-5-17-15)19(2)9-18-14/h4-5,9-12,16H,3,6-8H2,1-2H3. The van der Waals surface area contributed by atoms with Crippen LogP contribution in [0.2, 0.25) is 0 Å². The Bertz CT molecular complexity index is 634. The Morgan fingerprint density at radius 3 is 3.10 bits per heavy atom. The van der Waals surface area contributed by atoms with E-state index in [2.05, 4.69) is 31.7 Å². The maximum atomic E-state index is 4.66. The van der Waals surface area contributed by atoms with Gasteiger partial charge >= 0.3 is 0 Å². The number of fused-ring (bicyclic) bond motifs is 2. The van der Waals surface area contributed by atoms with E-state index in [1.54, 1.807) is 0 Å². The zero-order chi connectivity index (χ0) is 13.7. The quantitative estimate of drug-likeness (QED) is 0.897. The first kappa shape index (κ1) is 12.1. The molecule has 0 spiro atoms. The summed E-state index contributed by atoms with van der Waals surface area (Å²) in [5, 5.41) is 3.54. The lowest BCUT2D eigenvalue weighted by atomic mass is 9.93. The summed E-state index contributed by atoms with van der Waals surface area (Å²) in [6.45, 7) is 5.70. The first-order chi connectivity index (χ1) is 9.79. The third-order valence-electron chi connectivity index (χ3n) is 5.03. The van der Waals surface area contributed by atoms with Crippen molar-refractivity contribution < 1.29 is 0 Å². The number of aromatic nitrogens is 3. The molecular formula is C15H21N5. The van der Waals surface area contributed by atoms with E-state index in [1.165, 1.54) is 11.9 Å². The van der Waals surface area contributed by atoms with Crippen molar-refractivity contribution in [3.63, 3.8) is 0 Å². The molecule has 2 aliphatic rings. The van der Waals surface area contributed by atoms with Crippen LogP contribution in [0, 0.1) is 11.8 Å². The SMILES string of the molecule is CCC1C2CNCC2CN1c1nccc2c1ncn2C. The van der Waals surface area contributed by atoms with Crippen LogP contribution in [0.4, 0.5) is 5.82 Å². The van der Waals surface area contributed by atoms with E-state index in [4.69, 9.17) is 0 Å². The first-order valence-corrected chi connectivity index (χ1v) is 7.53. The number of nitrogens with zero attached hydrogens (tertiary/aromatic N) is 4. The highest BCUT2D eigenvalue weighted by molar-refractivity contribution is 5.86. The van der Waals surface area contributed by atoms with Gasteiger partial charge in [-0.3, -0.25) is 0 Å². The molecule has 4 heterocycles. The normalized spacial score (nSPS) is 29.3. The predicted molar refractivity (Wildman–Crippen MR) is 79.8 cm³/mol. The molecule has 3 atom stereocenters.